The van der Waals surface area contributed by atoms with Crippen molar-refractivity contribution in [3.8, 4) is 5.75 Å². The van der Waals surface area contributed by atoms with E-state index in [-0.39, 0.29) is 11.4 Å². The van der Waals surface area contributed by atoms with Crippen LogP contribution in [0.25, 0.3) is 10.9 Å². The number of phenolic OH excluding ortho intramolecular Hbond substituents is 1. The zero-order valence-corrected chi connectivity index (χ0v) is 16.7. The molecular formula is C23H24FNO4. The van der Waals surface area contributed by atoms with Crippen LogP contribution in [0.3, 0.4) is 0 Å². The Morgan fingerprint density at radius 1 is 1.14 bits per heavy atom. The van der Waals surface area contributed by atoms with Crippen molar-refractivity contribution < 1.29 is 24.2 Å². The molecule has 1 heterocycles. The summed E-state index contributed by atoms with van der Waals surface area (Å²) in [7, 11) is 0. The first-order valence-corrected chi connectivity index (χ1v) is 9.63. The summed E-state index contributed by atoms with van der Waals surface area (Å²) in [6.45, 7) is 5.54. The van der Waals surface area contributed by atoms with Crippen LogP contribution >= 0.6 is 0 Å². The van der Waals surface area contributed by atoms with Gasteiger partial charge in [-0.15, -0.1) is 0 Å². The molecule has 0 radical (unpaired) electrons. The number of aromatic nitrogens is 1. The van der Waals surface area contributed by atoms with Crippen LogP contribution in [0, 0.1) is 19.7 Å². The highest BCUT2D eigenvalue weighted by Gasteiger charge is 2.29. The molecule has 152 valence electrons. The van der Waals surface area contributed by atoms with Crippen molar-refractivity contribution >= 4 is 22.8 Å². The van der Waals surface area contributed by atoms with E-state index in [0.717, 1.165) is 18.1 Å². The normalized spacial score (nSPS) is 12.3. The maximum absolute atomic E-state index is 14.2. The average molecular weight is 397 g/mol. The molecule has 1 atom stereocenters. The summed E-state index contributed by atoms with van der Waals surface area (Å²) >= 11 is 0. The minimum absolute atomic E-state index is 0.251. The van der Waals surface area contributed by atoms with Gasteiger partial charge in [-0.05, 0) is 44.0 Å². The Labute approximate surface area is 168 Å². The van der Waals surface area contributed by atoms with Gasteiger partial charge in [-0.25, -0.2) is 4.39 Å². The van der Waals surface area contributed by atoms with Gasteiger partial charge in [0.1, 0.15) is 0 Å². The highest BCUT2D eigenvalue weighted by Crippen LogP contribution is 2.37. The number of aryl methyl sites for hydroxylation is 1. The molecule has 0 saturated carbocycles. The molecule has 0 bridgehead atoms. The standard InChI is InChI=1S/C23H24FNO4/c1-4-5-6-16(23(28)29)21-14(3)25(19-12-18(24)20(26)11-17(19)21)22(27)15-9-7-13(2)8-10-15/h7-12,16,26H,4-6H2,1-3H3,(H,28,29). The van der Waals surface area contributed by atoms with E-state index in [1.165, 1.54) is 10.6 Å². The van der Waals surface area contributed by atoms with E-state index in [0.29, 0.717) is 35.0 Å². The van der Waals surface area contributed by atoms with Crippen molar-refractivity contribution in [2.75, 3.05) is 0 Å². The van der Waals surface area contributed by atoms with Crippen LogP contribution in [0.1, 0.15) is 59.3 Å². The van der Waals surface area contributed by atoms with E-state index >= 15 is 0 Å². The first-order chi connectivity index (χ1) is 13.8. The van der Waals surface area contributed by atoms with E-state index in [1.807, 2.05) is 26.0 Å². The molecule has 0 spiro atoms. The van der Waals surface area contributed by atoms with Crippen molar-refractivity contribution in [2.24, 2.45) is 0 Å². The minimum Gasteiger partial charge on any atom is -0.505 e. The number of hydrogen-bond acceptors (Lipinski definition) is 3. The predicted molar refractivity (Wildman–Crippen MR) is 109 cm³/mol. The molecule has 0 saturated heterocycles. The Balaban J connectivity index is 2.29. The molecule has 0 fully saturated rings. The van der Waals surface area contributed by atoms with Gasteiger partial charge in [0.25, 0.3) is 5.91 Å². The number of aromatic hydroxyl groups is 1. The molecule has 5 nitrogen and oxygen atoms in total. The average Bonchev–Trinajstić information content (AvgIpc) is 2.94. The van der Waals surface area contributed by atoms with Crippen LogP contribution in [-0.4, -0.2) is 26.7 Å². The first kappa shape index (κ1) is 20.6. The molecule has 1 unspecified atom stereocenters. The van der Waals surface area contributed by atoms with E-state index in [9.17, 15) is 24.2 Å². The van der Waals surface area contributed by atoms with Crippen LogP contribution in [-0.2, 0) is 4.79 Å². The molecule has 0 aliphatic rings. The van der Waals surface area contributed by atoms with Crippen LogP contribution in [0.4, 0.5) is 4.39 Å². The molecular weight excluding hydrogens is 373 g/mol. The number of phenols is 1. The minimum atomic E-state index is -1.01. The zero-order valence-electron chi connectivity index (χ0n) is 16.7. The van der Waals surface area contributed by atoms with Crippen LogP contribution < -0.4 is 0 Å². The number of unbranched alkanes of at least 4 members (excludes halogenated alkanes) is 1. The van der Waals surface area contributed by atoms with Crippen LogP contribution in [0.5, 0.6) is 5.75 Å². The van der Waals surface area contributed by atoms with Gasteiger partial charge >= 0.3 is 5.97 Å². The third kappa shape index (κ3) is 3.75. The monoisotopic (exact) mass is 397 g/mol. The molecule has 2 aromatic carbocycles. The summed E-state index contributed by atoms with van der Waals surface area (Å²) in [5.74, 6) is -3.66. The molecule has 0 aliphatic heterocycles. The Morgan fingerprint density at radius 3 is 2.38 bits per heavy atom. The van der Waals surface area contributed by atoms with Gasteiger partial charge in [0, 0.05) is 22.7 Å². The topological polar surface area (TPSA) is 79.5 Å². The zero-order chi connectivity index (χ0) is 21.3. The van der Waals surface area contributed by atoms with E-state index in [2.05, 4.69) is 0 Å². The molecule has 29 heavy (non-hydrogen) atoms. The second kappa shape index (κ2) is 8.07. The molecule has 3 aromatic rings. The number of fused-ring (bicyclic) bond motifs is 1. The van der Waals surface area contributed by atoms with E-state index < -0.39 is 23.5 Å². The van der Waals surface area contributed by atoms with Crippen LogP contribution in [0.2, 0.25) is 0 Å². The number of carbonyl (C=O) groups is 2. The number of nitrogens with zero attached hydrogens (tertiary/aromatic N) is 1. The van der Waals surface area contributed by atoms with Crippen molar-refractivity contribution in [2.45, 2.75) is 46.0 Å². The second-order valence-corrected chi connectivity index (χ2v) is 7.36. The van der Waals surface area contributed by atoms with Gasteiger partial charge in [-0.1, -0.05) is 37.5 Å². The molecule has 3 rings (SSSR count). The summed E-state index contributed by atoms with van der Waals surface area (Å²) in [5, 5.41) is 20.1. The third-order valence-electron chi connectivity index (χ3n) is 5.32. The fourth-order valence-electron chi connectivity index (χ4n) is 3.77. The summed E-state index contributed by atoms with van der Waals surface area (Å²) in [6, 6.07) is 9.29. The first-order valence-electron chi connectivity index (χ1n) is 9.63. The highest BCUT2D eigenvalue weighted by molar-refractivity contribution is 6.05. The Kier molecular flexibility index (Phi) is 5.73. The maximum atomic E-state index is 14.2. The number of carboxylic acid groups (broad SMARTS) is 1. The van der Waals surface area contributed by atoms with Gasteiger partial charge in [0.15, 0.2) is 11.6 Å². The number of halogens is 1. The summed E-state index contributed by atoms with van der Waals surface area (Å²) in [4.78, 5) is 25.2. The highest BCUT2D eigenvalue weighted by atomic mass is 19.1. The third-order valence-corrected chi connectivity index (χ3v) is 5.32. The summed E-state index contributed by atoms with van der Waals surface area (Å²) in [5.41, 5.74) is 2.55. The number of aliphatic carboxylic acids is 1. The second-order valence-electron chi connectivity index (χ2n) is 7.36. The summed E-state index contributed by atoms with van der Waals surface area (Å²) < 4.78 is 15.5. The van der Waals surface area contributed by atoms with Gasteiger partial charge in [0.2, 0.25) is 0 Å². The fourth-order valence-corrected chi connectivity index (χ4v) is 3.77. The van der Waals surface area contributed by atoms with Crippen molar-refractivity contribution in [1.29, 1.82) is 0 Å². The SMILES string of the molecule is CCCCC(C(=O)O)c1c(C)n(C(=O)c2ccc(C)cc2)c2cc(F)c(O)cc12. The number of carboxylic acids is 1. The van der Waals surface area contributed by atoms with Crippen LogP contribution in [0.15, 0.2) is 36.4 Å². The lowest BCUT2D eigenvalue weighted by Gasteiger charge is -2.13. The lowest BCUT2D eigenvalue weighted by atomic mass is 9.91. The number of benzene rings is 2. The Bertz CT molecular complexity index is 1080. The van der Waals surface area contributed by atoms with Gasteiger partial charge in [0.05, 0.1) is 11.4 Å². The smallest absolute Gasteiger partial charge is 0.311 e. The van der Waals surface area contributed by atoms with Gasteiger partial charge in [-0.3, -0.25) is 14.2 Å². The van der Waals surface area contributed by atoms with E-state index in [1.54, 1.807) is 19.1 Å². The Morgan fingerprint density at radius 2 is 1.79 bits per heavy atom. The maximum Gasteiger partial charge on any atom is 0.311 e. The van der Waals surface area contributed by atoms with E-state index in [4.69, 9.17) is 0 Å². The molecule has 0 amide bonds. The lowest BCUT2D eigenvalue weighted by Crippen LogP contribution is -2.16. The predicted octanol–water partition coefficient (Wildman–Crippen LogP) is 5.15. The number of hydrogen-bond donors (Lipinski definition) is 2. The van der Waals surface area contributed by atoms with Crippen molar-refractivity contribution in [3.63, 3.8) is 0 Å². The number of rotatable bonds is 6. The fraction of sp³-hybridized carbons (Fsp3) is 0.304. The largest absolute Gasteiger partial charge is 0.505 e. The van der Waals surface area contributed by atoms with Gasteiger partial charge in [-0.2, -0.15) is 0 Å². The van der Waals surface area contributed by atoms with Crippen molar-refractivity contribution in [1.82, 2.24) is 4.57 Å². The summed E-state index contributed by atoms with van der Waals surface area (Å²) in [6.07, 6.45) is 1.91. The van der Waals surface area contributed by atoms with Gasteiger partial charge < -0.3 is 10.2 Å². The molecule has 0 aliphatic carbocycles. The lowest BCUT2D eigenvalue weighted by molar-refractivity contribution is -0.139. The number of carbonyl (C=O) groups excluding carboxylic acids is 1. The quantitative estimate of drug-likeness (QED) is 0.603. The van der Waals surface area contributed by atoms with Crippen molar-refractivity contribution in [3.05, 3.63) is 64.6 Å². The Hall–Kier alpha value is -3.15. The molecule has 2 N–H and O–H groups in total. The molecule has 6 heteroatoms. The molecule has 1 aromatic heterocycles.